The van der Waals surface area contributed by atoms with Crippen molar-refractivity contribution in [3.63, 3.8) is 0 Å². The maximum Gasteiger partial charge on any atom is 0.334 e. The summed E-state index contributed by atoms with van der Waals surface area (Å²) in [4.78, 5) is 36.5. The molecule has 0 saturated heterocycles. The lowest BCUT2D eigenvalue weighted by molar-refractivity contribution is -0.384. The molecule has 1 aromatic carbocycles. The highest BCUT2D eigenvalue weighted by molar-refractivity contribution is 6.00. The molecule has 0 saturated carbocycles. The lowest BCUT2D eigenvalue weighted by Gasteiger charge is -2.44. The molecule has 2 N–H and O–H groups in total. The summed E-state index contributed by atoms with van der Waals surface area (Å²) in [5, 5.41) is 30.9. The van der Waals surface area contributed by atoms with Gasteiger partial charge in [0.2, 0.25) is 0 Å². The number of benzene rings is 1. The van der Waals surface area contributed by atoms with Crippen molar-refractivity contribution in [2.75, 3.05) is 6.54 Å². The molecule has 1 aliphatic heterocycles. The predicted molar refractivity (Wildman–Crippen MR) is 98.1 cm³/mol. The molecule has 1 aromatic rings. The summed E-state index contributed by atoms with van der Waals surface area (Å²) >= 11 is 0. The number of nitrogens with zero attached hydrogens (tertiary/aromatic N) is 2. The molecule has 0 spiro atoms. The van der Waals surface area contributed by atoms with Gasteiger partial charge in [-0.25, -0.2) is 9.59 Å². The molecule has 8 nitrogen and oxygen atoms in total. The quantitative estimate of drug-likeness (QED) is 0.579. The van der Waals surface area contributed by atoms with Gasteiger partial charge in [-0.05, 0) is 32.8 Å². The standard InChI is InChI=1S/C19H22N2O6/c1-5-19(13-7-9-14(10-8-13)21(26)27)15(17(22)23)11(3)20(6-2)12(4)16(19)18(24)25/h7-10H,5-6H2,1-4H3,(H,22,23)(H,24,25). The first-order valence-electron chi connectivity index (χ1n) is 8.55. The number of carboxylic acids is 2. The van der Waals surface area contributed by atoms with Crippen LogP contribution in [0.1, 0.15) is 39.7 Å². The zero-order chi connectivity index (χ0) is 20.5. The van der Waals surface area contributed by atoms with E-state index >= 15 is 0 Å². The maximum absolute atomic E-state index is 12.2. The average Bonchev–Trinajstić information content (AvgIpc) is 2.60. The summed E-state index contributed by atoms with van der Waals surface area (Å²) in [6.45, 7) is 7.27. The largest absolute Gasteiger partial charge is 0.478 e. The van der Waals surface area contributed by atoms with Crippen LogP contribution in [0.3, 0.4) is 0 Å². The van der Waals surface area contributed by atoms with E-state index in [0.717, 1.165) is 0 Å². The summed E-state index contributed by atoms with van der Waals surface area (Å²) < 4.78 is 0. The first-order chi connectivity index (χ1) is 12.6. The monoisotopic (exact) mass is 374 g/mol. The van der Waals surface area contributed by atoms with Crippen LogP contribution in [0, 0.1) is 10.1 Å². The Bertz CT molecular complexity index is 829. The van der Waals surface area contributed by atoms with E-state index in [-0.39, 0.29) is 23.3 Å². The Kier molecular flexibility index (Phi) is 5.39. The van der Waals surface area contributed by atoms with Crippen molar-refractivity contribution < 1.29 is 24.7 Å². The highest BCUT2D eigenvalue weighted by Gasteiger charge is 2.50. The van der Waals surface area contributed by atoms with Crippen molar-refractivity contribution in [1.29, 1.82) is 0 Å². The summed E-state index contributed by atoms with van der Waals surface area (Å²) in [7, 11) is 0. The Balaban J connectivity index is 2.93. The normalized spacial score (nSPS) is 16.5. The van der Waals surface area contributed by atoms with Gasteiger partial charge in [0.05, 0.1) is 21.5 Å². The molecule has 0 aliphatic carbocycles. The minimum Gasteiger partial charge on any atom is -0.478 e. The van der Waals surface area contributed by atoms with Crippen LogP contribution in [0.5, 0.6) is 0 Å². The van der Waals surface area contributed by atoms with Crippen molar-refractivity contribution in [3.05, 3.63) is 62.5 Å². The fraction of sp³-hybridized carbons (Fsp3) is 0.368. The number of carboxylic acid groups (broad SMARTS) is 2. The number of aliphatic carboxylic acids is 2. The van der Waals surface area contributed by atoms with E-state index in [9.17, 15) is 29.9 Å². The minimum absolute atomic E-state index is 0.0243. The van der Waals surface area contributed by atoms with E-state index in [1.54, 1.807) is 25.7 Å². The number of non-ortho nitro benzene ring substituents is 1. The van der Waals surface area contributed by atoms with Crippen molar-refractivity contribution in [2.24, 2.45) is 0 Å². The number of hydrogen-bond acceptors (Lipinski definition) is 5. The van der Waals surface area contributed by atoms with Crippen LogP contribution in [-0.2, 0) is 15.0 Å². The van der Waals surface area contributed by atoms with Gasteiger partial charge in [0.1, 0.15) is 0 Å². The Morgan fingerprint density at radius 2 is 1.48 bits per heavy atom. The molecular formula is C19H22N2O6. The molecule has 0 unspecified atom stereocenters. The van der Waals surface area contributed by atoms with Gasteiger partial charge in [-0.1, -0.05) is 19.1 Å². The highest BCUT2D eigenvalue weighted by Crippen LogP contribution is 2.49. The fourth-order valence-electron chi connectivity index (χ4n) is 4.13. The van der Waals surface area contributed by atoms with Gasteiger partial charge in [-0.15, -0.1) is 0 Å². The number of rotatable bonds is 6. The van der Waals surface area contributed by atoms with Crippen molar-refractivity contribution in [3.8, 4) is 0 Å². The molecule has 1 aliphatic rings. The number of allylic oxidation sites excluding steroid dienone is 2. The van der Waals surface area contributed by atoms with Gasteiger partial charge < -0.3 is 15.1 Å². The van der Waals surface area contributed by atoms with Crippen molar-refractivity contribution >= 4 is 17.6 Å². The summed E-state index contributed by atoms with van der Waals surface area (Å²) in [5.41, 5.74) is -0.272. The van der Waals surface area contributed by atoms with E-state index in [0.29, 0.717) is 23.5 Å². The lowest BCUT2D eigenvalue weighted by atomic mass is 9.64. The van der Waals surface area contributed by atoms with Crippen LogP contribution in [-0.4, -0.2) is 38.5 Å². The van der Waals surface area contributed by atoms with Gasteiger partial charge in [-0.3, -0.25) is 10.1 Å². The van der Waals surface area contributed by atoms with Gasteiger partial charge in [0, 0.05) is 30.1 Å². The Morgan fingerprint density at radius 3 is 1.78 bits per heavy atom. The number of hydrogen-bond donors (Lipinski definition) is 2. The molecule has 0 bridgehead atoms. The van der Waals surface area contributed by atoms with Crippen LogP contribution in [0.4, 0.5) is 5.69 Å². The van der Waals surface area contributed by atoms with E-state index in [1.807, 2.05) is 6.92 Å². The predicted octanol–water partition coefficient (Wildman–Crippen LogP) is 3.30. The Labute approximate surface area is 156 Å². The Hall–Kier alpha value is -3.16. The third kappa shape index (κ3) is 2.97. The third-order valence-electron chi connectivity index (χ3n) is 5.23. The molecule has 8 heteroatoms. The maximum atomic E-state index is 12.2. The highest BCUT2D eigenvalue weighted by atomic mass is 16.6. The fourth-order valence-corrected chi connectivity index (χ4v) is 4.13. The molecular weight excluding hydrogens is 352 g/mol. The summed E-state index contributed by atoms with van der Waals surface area (Å²) in [6, 6.07) is 5.41. The summed E-state index contributed by atoms with van der Waals surface area (Å²) in [6.07, 6.45) is 0.181. The van der Waals surface area contributed by atoms with E-state index in [1.165, 1.54) is 24.3 Å². The van der Waals surface area contributed by atoms with Crippen LogP contribution in [0.25, 0.3) is 0 Å². The second kappa shape index (κ2) is 7.22. The molecule has 0 amide bonds. The van der Waals surface area contributed by atoms with E-state index in [4.69, 9.17) is 0 Å². The zero-order valence-corrected chi connectivity index (χ0v) is 15.6. The first kappa shape index (κ1) is 20.2. The minimum atomic E-state index is -1.41. The van der Waals surface area contributed by atoms with Gasteiger partial charge >= 0.3 is 11.9 Å². The van der Waals surface area contributed by atoms with Crippen LogP contribution >= 0.6 is 0 Å². The van der Waals surface area contributed by atoms with Crippen LogP contribution in [0.2, 0.25) is 0 Å². The van der Waals surface area contributed by atoms with Gasteiger partial charge in [-0.2, -0.15) is 0 Å². The second-order valence-corrected chi connectivity index (χ2v) is 6.34. The molecule has 27 heavy (non-hydrogen) atoms. The Morgan fingerprint density at radius 1 is 1.04 bits per heavy atom. The molecule has 0 radical (unpaired) electrons. The molecule has 1 heterocycles. The molecule has 0 atom stereocenters. The van der Waals surface area contributed by atoms with E-state index in [2.05, 4.69) is 0 Å². The van der Waals surface area contributed by atoms with E-state index < -0.39 is 22.3 Å². The molecule has 2 rings (SSSR count). The number of nitro groups is 1. The zero-order valence-electron chi connectivity index (χ0n) is 15.6. The average molecular weight is 374 g/mol. The van der Waals surface area contributed by atoms with Crippen molar-refractivity contribution in [1.82, 2.24) is 4.90 Å². The number of carbonyl (C=O) groups is 2. The topological polar surface area (TPSA) is 121 Å². The van der Waals surface area contributed by atoms with Crippen LogP contribution < -0.4 is 0 Å². The number of nitro benzene ring substituents is 1. The first-order valence-corrected chi connectivity index (χ1v) is 8.55. The van der Waals surface area contributed by atoms with Crippen molar-refractivity contribution in [2.45, 2.75) is 39.5 Å². The van der Waals surface area contributed by atoms with Gasteiger partial charge in [0.25, 0.3) is 5.69 Å². The summed E-state index contributed by atoms with van der Waals surface area (Å²) in [5.74, 6) is -2.42. The lowest BCUT2D eigenvalue weighted by Crippen LogP contribution is -2.45. The van der Waals surface area contributed by atoms with Gasteiger partial charge in [0.15, 0.2) is 0 Å². The second-order valence-electron chi connectivity index (χ2n) is 6.34. The molecule has 144 valence electrons. The smallest absolute Gasteiger partial charge is 0.334 e. The third-order valence-corrected chi connectivity index (χ3v) is 5.23. The SMILES string of the molecule is CCN1C(C)=C(C(=O)O)C(CC)(c2ccc([N+](=O)[O-])cc2)C(C(=O)O)=C1C. The molecule has 0 fully saturated rings. The molecule has 0 aromatic heterocycles. The van der Waals surface area contributed by atoms with Crippen LogP contribution in [0.15, 0.2) is 46.8 Å².